The number of aromatic nitrogens is 3. The van der Waals surface area contributed by atoms with Crippen LogP contribution in [0.4, 0.5) is 17.5 Å². The first-order valence-electron chi connectivity index (χ1n) is 17.8. The Hall–Kier alpha value is -4.64. The number of hydrogen-bond acceptors (Lipinski definition) is 14. The number of benzene rings is 1. The van der Waals surface area contributed by atoms with Crippen LogP contribution in [0.5, 0.6) is 0 Å². The van der Waals surface area contributed by atoms with Gasteiger partial charge in [0.25, 0.3) is 11.8 Å². The highest BCUT2D eigenvalue weighted by atomic mass is 32.2. The first kappa shape index (κ1) is 34.4. The number of carbonyl (C=O) groups excluding carboxylic acids is 4. The van der Waals surface area contributed by atoms with Crippen LogP contribution in [0.2, 0.25) is 0 Å². The second-order valence-corrected chi connectivity index (χ2v) is 15.4. The lowest BCUT2D eigenvalue weighted by Gasteiger charge is -2.41. The van der Waals surface area contributed by atoms with Crippen LogP contribution in [0.3, 0.4) is 0 Å². The molecular weight excluding hydrogens is 685 g/mol. The monoisotopic (exact) mass is 726 g/mol. The number of nitrogens with zero attached hydrogens (tertiary/aromatic N) is 7. The van der Waals surface area contributed by atoms with Gasteiger partial charge >= 0.3 is 0 Å². The molecule has 0 aliphatic carbocycles. The molecule has 5 N–H and O–H groups in total. The second-order valence-electron chi connectivity index (χ2n) is 14.4. The fourth-order valence-corrected chi connectivity index (χ4v) is 8.80. The first-order valence-corrected chi connectivity index (χ1v) is 18.6. The third kappa shape index (κ3) is 6.37. The number of nitrogens with one attached hydrogen (secondary N) is 1. The van der Waals surface area contributed by atoms with Crippen molar-refractivity contribution in [2.75, 3.05) is 61.4 Å². The minimum atomic E-state index is -0.979. The Labute approximate surface area is 305 Å². The van der Waals surface area contributed by atoms with Gasteiger partial charge in [0.1, 0.15) is 22.7 Å². The zero-order chi connectivity index (χ0) is 36.1. The number of amides is 4. The van der Waals surface area contributed by atoms with E-state index in [-0.39, 0.29) is 36.0 Å². The number of imide groups is 2. The van der Waals surface area contributed by atoms with Gasteiger partial charge in [0, 0.05) is 74.8 Å². The lowest BCUT2D eigenvalue weighted by atomic mass is 9.73. The minimum absolute atomic E-state index is 0.0357. The van der Waals surface area contributed by atoms with E-state index in [9.17, 15) is 19.2 Å². The van der Waals surface area contributed by atoms with E-state index >= 15 is 0 Å². The van der Waals surface area contributed by atoms with E-state index in [2.05, 4.69) is 31.9 Å². The molecule has 0 saturated carbocycles. The van der Waals surface area contributed by atoms with Crippen molar-refractivity contribution < 1.29 is 23.9 Å². The van der Waals surface area contributed by atoms with E-state index in [1.165, 1.54) is 11.8 Å². The molecule has 8 rings (SSSR count). The molecule has 1 aromatic carbocycles. The fraction of sp³-hybridized carbons (Fsp3) is 0.472. The zero-order valence-corrected chi connectivity index (χ0v) is 29.8. The summed E-state index contributed by atoms with van der Waals surface area (Å²) in [4.78, 5) is 73.1. The molecular formula is C36H42N10O5S. The van der Waals surface area contributed by atoms with Crippen molar-refractivity contribution in [1.29, 1.82) is 0 Å². The summed E-state index contributed by atoms with van der Waals surface area (Å²) in [6.07, 6.45) is 5.81. The summed E-state index contributed by atoms with van der Waals surface area (Å²) >= 11 is 1.47. The van der Waals surface area contributed by atoms with Crippen LogP contribution in [-0.4, -0.2) is 112 Å². The molecule has 5 aliphatic heterocycles. The van der Waals surface area contributed by atoms with Crippen molar-refractivity contribution in [1.82, 2.24) is 30.1 Å². The molecule has 15 nitrogen and oxygen atoms in total. The molecule has 4 saturated heterocycles. The van der Waals surface area contributed by atoms with E-state index in [1.807, 2.05) is 18.2 Å². The summed E-state index contributed by atoms with van der Waals surface area (Å²) in [5.74, 6) is 0.0344. The number of fused-ring (bicyclic) bond motifs is 1. The highest BCUT2D eigenvalue weighted by Crippen LogP contribution is 2.42. The number of anilines is 3. The summed E-state index contributed by atoms with van der Waals surface area (Å²) in [6, 6.07) is 8.34. The van der Waals surface area contributed by atoms with Crippen LogP contribution < -0.4 is 26.6 Å². The lowest BCUT2D eigenvalue weighted by molar-refractivity contribution is -0.136. The molecule has 0 radical (unpaired) electrons. The van der Waals surface area contributed by atoms with E-state index in [0.29, 0.717) is 29.6 Å². The maximum Gasteiger partial charge on any atom is 0.262 e. The van der Waals surface area contributed by atoms with Gasteiger partial charge in [-0.1, -0.05) is 17.8 Å². The summed E-state index contributed by atoms with van der Waals surface area (Å²) < 4.78 is 5.87. The van der Waals surface area contributed by atoms with Crippen molar-refractivity contribution >= 4 is 52.8 Å². The number of hydrogen-bond donors (Lipinski definition) is 3. The molecule has 16 heteroatoms. The van der Waals surface area contributed by atoms with Crippen molar-refractivity contribution in [3.8, 4) is 0 Å². The molecule has 272 valence electrons. The van der Waals surface area contributed by atoms with Crippen molar-refractivity contribution in [3.63, 3.8) is 0 Å². The fourth-order valence-electron chi connectivity index (χ4n) is 8.03. The molecule has 52 heavy (non-hydrogen) atoms. The highest BCUT2D eigenvalue weighted by molar-refractivity contribution is 7.99. The number of ether oxygens (including phenoxy) is 1. The van der Waals surface area contributed by atoms with E-state index in [0.717, 1.165) is 79.1 Å². The normalized spacial score (nSPS) is 24.9. The number of carbonyl (C=O) groups is 4. The Morgan fingerprint density at radius 1 is 0.942 bits per heavy atom. The molecule has 1 unspecified atom stereocenters. The van der Waals surface area contributed by atoms with Crippen LogP contribution in [-0.2, 0) is 20.9 Å². The number of nitrogen functional groups attached to an aromatic ring is 1. The predicted octanol–water partition coefficient (Wildman–Crippen LogP) is 1.66. The lowest BCUT2D eigenvalue weighted by Crippen LogP contribution is -2.54. The number of pyridine rings is 1. The Morgan fingerprint density at radius 3 is 2.40 bits per heavy atom. The first-order chi connectivity index (χ1) is 25.1. The Bertz CT molecular complexity index is 1930. The topological polar surface area (TPSA) is 193 Å². The summed E-state index contributed by atoms with van der Waals surface area (Å²) in [7, 11) is 0. The average Bonchev–Trinajstić information content (AvgIpc) is 3.56. The van der Waals surface area contributed by atoms with Gasteiger partial charge in [0.05, 0.1) is 30.0 Å². The van der Waals surface area contributed by atoms with Gasteiger partial charge in [-0.25, -0.2) is 15.0 Å². The molecule has 4 fully saturated rings. The maximum atomic E-state index is 13.3. The van der Waals surface area contributed by atoms with Crippen molar-refractivity contribution in [2.24, 2.45) is 11.1 Å². The quantitative estimate of drug-likeness (QED) is 0.298. The molecule has 0 bridgehead atoms. The predicted molar refractivity (Wildman–Crippen MR) is 193 cm³/mol. The number of piperidine rings is 2. The SMILES string of the molecule is C[C@@H]1OCC2(CCN(c3cnc(Sc4ccnc(N5CCN(Cc6ccc7c(c6)C(=O)N(C6CCC(=O)NC6=O)C7=O)CC5)c4)c(N)n3)CC2)[C@@H]1N. The molecule has 1 spiro atoms. The van der Waals surface area contributed by atoms with Gasteiger partial charge in [-0.05, 0) is 56.0 Å². The van der Waals surface area contributed by atoms with Crippen LogP contribution in [0, 0.1) is 5.41 Å². The molecule has 4 amide bonds. The van der Waals surface area contributed by atoms with Gasteiger partial charge in [-0.2, -0.15) is 0 Å². The third-order valence-electron chi connectivity index (χ3n) is 11.2. The second kappa shape index (κ2) is 13.7. The average molecular weight is 727 g/mol. The van der Waals surface area contributed by atoms with Crippen LogP contribution in [0.25, 0.3) is 0 Å². The highest BCUT2D eigenvalue weighted by Gasteiger charge is 2.48. The summed E-state index contributed by atoms with van der Waals surface area (Å²) in [5, 5.41) is 2.88. The molecule has 3 aromatic rings. The largest absolute Gasteiger partial charge is 0.381 e. The summed E-state index contributed by atoms with van der Waals surface area (Å²) in [5.41, 5.74) is 14.4. The Balaban J connectivity index is 0.853. The Morgan fingerprint density at radius 2 is 1.69 bits per heavy atom. The maximum absolute atomic E-state index is 13.3. The van der Waals surface area contributed by atoms with Crippen LogP contribution in [0.1, 0.15) is 58.9 Å². The van der Waals surface area contributed by atoms with Gasteiger partial charge < -0.3 is 26.0 Å². The van der Waals surface area contributed by atoms with Gasteiger partial charge in [-0.3, -0.25) is 34.3 Å². The Kier molecular flexibility index (Phi) is 9.09. The van der Waals surface area contributed by atoms with Crippen molar-refractivity contribution in [3.05, 3.63) is 59.4 Å². The molecule has 2 aromatic heterocycles. The number of piperazine rings is 1. The third-order valence-corrected chi connectivity index (χ3v) is 12.2. The number of nitrogens with two attached hydrogens (primary N) is 2. The van der Waals surface area contributed by atoms with Gasteiger partial charge in [0.2, 0.25) is 11.8 Å². The molecule has 5 aliphatic rings. The molecule has 7 heterocycles. The van der Waals surface area contributed by atoms with Gasteiger partial charge in [-0.15, -0.1) is 0 Å². The standard InChI is InChI=1S/C36H42N10O5S/c1-21-30(37)36(20-51-21)7-10-44(11-8-36)28-18-40-33(31(38)41-28)52-23-6-9-39-27(17-23)45-14-12-43(13-15-45)19-22-2-3-24-25(16-22)35(50)46(34(24)49)26-4-5-29(47)42-32(26)48/h2-3,6,9,16-18,21,26,30H,4-5,7-8,10-15,19-20,37H2,1H3,(H2,38,41)(H,42,47,48)/t21-,26?,30+/m0/s1. The smallest absolute Gasteiger partial charge is 0.262 e. The van der Waals surface area contributed by atoms with Gasteiger partial charge in [0.15, 0.2) is 5.82 Å². The molecule has 3 atom stereocenters. The van der Waals surface area contributed by atoms with E-state index in [1.54, 1.807) is 24.5 Å². The van der Waals surface area contributed by atoms with Crippen LogP contribution in [0.15, 0.2) is 52.6 Å². The zero-order valence-electron chi connectivity index (χ0n) is 29.0. The summed E-state index contributed by atoms with van der Waals surface area (Å²) in [6.45, 7) is 8.13. The number of rotatable bonds is 7. The van der Waals surface area contributed by atoms with E-state index in [4.69, 9.17) is 26.2 Å². The van der Waals surface area contributed by atoms with E-state index < -0.39 is 29.7 Å². The minimum Gasteiger partial charge on any atom is -0.381 e. The van der Waals surface area contributed by atoms with Crippen LogP contribution >= 0.6 is 11.8 Å². The van der Waals surface area contributed by atoms with Crippen molar-refractivity contribution in [2.45, 2.75) is 67.3 Å².